The zero-order chi connectivity index (χ0) is 12.2. The molecule has 0 atom stereocenters. The Hall–Kier alpha value is -0.970. The SMILES string of the molecule is c1ccc2[nH]c(SCCC3OCCCO3)cc2c1. The van der Waals surface area contributed by atoms with Gasteiger partial charge in [0.05, 0.1) is 18.2 Å². The van der Waals surface area contributed by atoms with E-state index in [-0.39, 0.29) is 6.29 Å². The number of thioether (sulfide) groups is 1. The average molecular weight is 263 g/mol. The first-order chi connectivity index (χ1) is 8.92. The fourth-order valence-corrected chi connectivity index (χ4v) is 3.02. The highest BCUT2D eigenvalue weighted by molar-refractivity contribution is 7.99. The summed E-state index contributed by atoms with van der Waals surface area (Å²) < 4.78 is 11.1. The Labute approximate surface area is 111 Å². The van der Waals surface area contributed by atoms with Crippen LogP contribution in [-0.2, 0) is 9.47 Å². The summed E-state index contributed by atoms with van der Waals surface area (Å²) in [5.74, 6) is 1.01. The van der Waals surface area contributed by atoms with E-state index < -0.39 is 0 Å². The average Bonchev–Trinajstić information content (AvgIpc) is 2.82. The molecule has 0 bridgehead atoms. The van der Waals surface area contributed by atoms with Gasteiger partial charge < -0.3 is 14.5 Å². The van der Waals surface area contributed by atoms with Gasteiger partial charge in [-0.05, 0) is 18.6 Å². The molecule has 1 fully saturated rings. The number of aromatic amines is 1. The number of H-pyrrole nitrogens is 1. The van der Waals surface area contributed by atoms with Crippen LogP contribution in [0.2, 0.25) is 0 Å². The van der Waals surface area contributed by atoms with Gasteiger partial charge >= 0.3 is 0 Å². The maximum atomic E-state index is 5.53. The molecule has 2 heterocycles. The van der Waals surface area contributed by atoms with Crippen molar-refractivity contribution in [3.63, 3.8) is 0 Å². The van der Waals surface area contributed by atoms with Gasteiger partial charge in [-0.1, -0.05) is 18.2 Å². The molecular formula is C14H17NO2S. The van der Waals surface area contributed by atoms with Crippen molar-refractivity contribution in [2.24, 2.45) is 0 Å². The highest BCUT2D eigenvalue weighted by atomic mass is 32.2. The quantitative estimate of drug-likeness (QED) is 0.858. The van der Waals surface area contributed by atoms with Crippen molar-refractivity contribution in [1.82, 2.24) is 4.98 Å². The first kappa shape index (κ1) is 12.1. The van der Waals surface area contributed by atoms with E-state index in [2.05, 4.69) is 35.3 Å². The van der Waals surface area contributed by atoms with Gasteiger partial charge in [-0.25, -0.2) is 0 Å². The van der Waals surface area contributed by atoms with Crippen molar-refractivity contribution in [2.75, 3.05) is 19.0 Å². The number of para-hydroxylation sites is 1. The monoisotopic (exact) mass is 263 g/mol. The normalized spacial score (nSPS) is 17.3. The Balaban J connectivity index is 1.53. The molecule has 96 valence electrons. The molecule has 1 aliphatic rings. The summed E-state index contributed by atoms with van der Waals surface area (Å²) in [6.45, 7) is 1.67. The van der Waals surface area contributed by atoms with Crippen molar-refractivity contribution >= 4 is 22.7 Å². The van der Waals surface area contributed by atoms with Crippen LogP contribution in [0.15, 0.2) is 35.4 Å². The lowest BCUT2D eigenvalue weighted by atomic mass is 10.3. The summed E-state index contributed by atoms with van der Waals surface area (Å²) >= 11 is 1.82. The van der Waals surface area contributed by atoms with E-state index in [0.717, 1.165) is 31.8 Å². The van der Waals surface area contributed by atoms with Crippen molar-refractivity contribution in [3.8, 4) is 0 Å². The van der Waals surface area contributed by atoms with E-state index in [0.29, 0.717) is 0 Å². The lowest BCUT2D eigenvalue weighted by molar-refractivity contribution is -0.178. The smallest absolute Gasteiger partial charge is 0.158 e. The Morgan fingerprint density at radius 2 is 2.06 bits per heavy atom. The lowest BCUT2D eigenvalue weighted by Gasteiger charge is -2.22. The van der Waals surface area contributed by atoms with Crippen molar-refractivity contribution in [3.05, 3.63) is 30.3 Å². The van der Waals surface area contributed by atoms with Crippen LogP contribution < -0.4 is 0 Å². The minimum Gasteiger partial charge on any atom is -0.353 e. The molecule has 1 saturated heterocycles. The molecule has 4 heteroatoms. The maximum absolute atomic E-state index is 5.53. The number of ether oxygens (including phenoxy) is 2. The minimum atomic E-state index is -0.00405. The van der Waals surface area contributed by atoms with Gasteiger partial charge in [0.15, 0.2) is 6.29 Å². The summed E-state index contributed by atoms with van der Waals surface area (Å²) in [5.41, 5.74) is 1.20. The molecule has 2 aromatic rings. The molecule has 0 spiro atoms. The molecule has 3 rings (SSSR count). The molecule has 1 N–H and O–H groups in total. The summed E-state index contributed by atoms with van der Waals surface area (Å²) in [6.07, 6.45) is 1.96. The number of hydrogen-bond acceptors (Lipinski definition) is 3. The largest absolute Gasteiger partial charge is 0.353 e. The predicted octanol–water partition coefficient (Wildman–Crippen LogP) is 3.41. The second-order valence-corrected chi connectivity index (χ2v) is 5.52. The van der Waals surface area contributed by atoms with E-state index in [1.807, 2.05) is 11.8 Å². The summed E-state index contributed by atoms with van der Waals surface area (Å²) in [6, 6.07) is 10.5. The van der Waals surface area contributed by atoms with Crippen LogP contribution in [0.25, 0.3) is 10.9 Å². The van der Waals surface area contributed by atoms with Gasteiger partial charge in [-0.3, -0.25) is 0 Å². The van der Waals surface area contributed by atoms with E-state index in [1.165, 1.54) is 15.9 Å². The lowest BCUT2D eigenvalue weighted by Crippen LogP contribution is -2.25. The number of fused-ring (bicyclic) bond motifs is 1. The number of nitrogens with one attached hydrogen (secondary N) is 1. The molecule has 1 aliphatic heterocycles. The van der Waals surface area contributed by atoms with Gasteiger partial charge in [-0.15, -0.1) is 11.8 Å². The van der Waals surface area contributed by atoms with Crippen LogP contribution in [0.5, 0.6) is 0 Å². The zero-order valence-electron chi connectivity index (χ0n) is 10.2. The van der Waals surface area contributed by atoms with Gasteiger partial charge in [0.2, 0.25) is 0 Å². The van der Waals surface area contributed by atoms with Gasteiger partial charge in [0.1, 0.15) is 0 Å². The Bertz CT molecular complexity index is 472. The third-order valence-electron chi connectivity index (χ3n) is 3.01. The maximum Gasteiger partial charge on any atom is 0.158 e. The number of rotatable bonds is 4. The van der Waals surface area contributed by atoms with E-state index >= 15 is 0 Å². The van der Waals surface area contributed by atoms with E-state index in [1.54, 1.807) is 0 Å². The highest BCUT2D eigenvalue weighted by Crippen LogP contribution is 2.24. The highest BCUT2D eigenvalue weighted by Gasteiger charge is 2.13. The first-order valence-electron chi connectivity index (χ1n) is 6.35. The van der Waals surface area contributed by atoms with Crippen LogP contribution in [-0.4, -0.2) is 30.2 Å². The molecule has 0 aliphatic carbocycles. The van der Waals surface area contributed by atoms with Gasteiger partial charge in [0.25, 0.3) is 0 Å². The third kappa shape index (κ3) is 2.88. The molecule has 1 aromatic carbocycles. The van der Waals surface area contributed by atoms with Crippen molar-refractivity contribution < 1.29 is 9.47 Å². The third-order valence-corrected chi connectivity index (χ3v) is 3.98. The Kier molecular flexibility index (Phi) is 3.88. The fraction of sp³-hybridized carbons (Fsp3) is 0.429. The first-order valence-corrected chi connectivity index (χ1v) is 7.34. The Morgan fingerprint density at radius 3 is 2.89 bits per heavy atom. The Morgan fingerprint density at radius 1 is 1.22 bits per heavy atom. The molecule has 1 aromatic heterocycles. The van der Waals surface area contributed by atoms with Gasteiger partial charge in [-0.2, -0.15) is 0 Å². The van der Waals surface area contributed by atoms with Crippen molar-refractivity contribution in [1.29, 1.82) is 0 Å². The standard InChI is InChI=1S/C14H17NO2S/c1-2-5-12-11(4-1)10-13(15-12)18-9-6-14-16-7-3-8-17-14/h1-2,4-5,10,14-15H,3,6-9H2. The second kappa shape index (κ2) is 5.78. The molecule has 0 unspecified atom stereocenters. The summed E-state index contributed by atoms with van der Waals surface area (Å²) in [7, 11) is 0. The van der Waals surface area contributed by atoms with Crippen LogP contribution in [0.3, 0.4) is 0 Å². The molecule has 18 heavy (non-hydrogen) atoms. The van der Waals surface area contributed by atoms with Crippen LogP contribution in [0.4, 0.5) is 0 Å². The molecule has 0 radical (unpaired) electrons. The molecule has 3 nitrogen and oxygen atoms in total. The second-order valence-electron chi connectivity index (χ2n) is 4.38. The molecule has 0 amide bonds. The van der Waals surface area contributed by atoms with E-state index in [4.69, 9.17) is 9.47 Å². The summed E-state index contributed by atoms with van der Waals surface area (Å²) in [5, 5.41) is 2.48. The number of hydrogen-bond donors (Lipinski definition) is 1. The topological polar surface area (TPSA) is 34.2 Å². The van der Waals surface area contributed by atoms with Crippen LogP contribution in [0, 0.1) is 0 Å². The number of benzene rings is 1. The number of aromatic nitrogens is 1. The molecule has 0 saturated carbocycles. The summed E-state index contributed by atoms with van der Waals surface area (Å²) in [4.78, 5) is 3.41. The minimum absolute atomic E-state index is 0.00405. The zero-order valence-corrected chi connectivity index (χ0v) is 11.0. The van der Waals surface area contributed by atoms with Crippen molar-refractivity contribution in [2.45, 2.75) is 24.2 Å². The van der Waals surface area contributed by atoms with Gasteiger partial charge in [0, 0.05) is 23.1 Å². The molecular weight excluding hydrogens is 246 g/mol. The van der Waals surface area contributed by atoms with Crippen LogP contribution >= 0.6 is 11.8 Å². The predicted molar refractivity (Wildman–Crippen MR) is 73.9 cm³/mol. The van der Waals surface area contributed by atoms with E-state index in [9.17, 15) is 0 Å². The fourth-order valence-electron chi connectivity index (χ4n) is 2.09. The van der Waals surface area contributed by atoms with Crippen LogP contribution in [0.1, 0.15) is 12.8 Å².